The van der Waals surface area contributed by atoms with Crippen molar-refractivity contribution in [3.63, 3.8) is 0 Å². The summed E-state index contributed by atoms with van der Waals surface area (Å²) in [5.74, 6) is 3.26. The fraction of sp³-hybridized carbons (Fsp3) is 0.381. The van der Waals surface area contributed by atoms with Gasteiger partial charge in [0.25, 0.3) is 0 Å². The van der Waals surface area contributed by atoms with Crippen LogP contribution in [0.15, 0.2) is 12.1 Å². The standard InChI is InChI=1S/C21H24N4O3S/c1-11(2)10-23-20-17-12(3)16(9-22)29-21(17)25-19(24-20)13-7-14(26-4)18(28-6)15(8-13)27-5/h7-8,11H,10H2,1-6H3,(H,23,24,25). The van der Waals surface area contributed by atoms with Crippen molar-refractivity contribution in [3.8, 4) is 34.7 Å². The minimum Gasteiger partial charge on any atom is -0.493 e. The molecule has 0 radical (unpaired) electrons. The molecule has 0 amide bonds. The van der Waals surface area contributed by atoms with Crippen LogP contribution >= 0.6 is 11.3 Å². The Hall–Kier alpha value is -3.05. The van der Waals surface area contributed by atoms with Gasteiger partial charge in [0.2, 0.25) is 5.75 Å². The highest BCUT2D eigenvalue weighted by Crippen LogP contribution is 2.42. The molecule has 2 heterocycles. The molecule has 0 aliphatic heterocycles. The van der Waals surface area contributed by atoms with E-state index in [1.165, 1.54) is 11.3 Å². The molecule has 152 valence electrons. The normalized spacial score (nSPS) is 10.8. The largest absolute Gasteiger partial charge is 0.493 e. The molecule has 7 nitrogen and oxygen atoms in total. The maximum absolute atomic E-state index is 9.45. The molecule has 0 bridgehead atoms. The molecule has 0 atom stereocenters. The Morgan fingerprint density at radius 1 is 1.10 bits per heavy atom. The number of nitrogens with one attached hydrogen (secondary N) is 1. The van der Waals surface area contributed by atoms with Gasteiger partial charge in [-0.3, -0.25) is 0 Å². The number of methoxy groups -OCH3 is 3. The van der Waals surface area contributed by atoms with Gasteiger partial charge in [-0.1, -0.05) is 13.8 Å². The van der Waals surface area contributed by atoms with Crippen LogP contribution in [0.5, 0.6) is 17.2 Å². The first-order chi connectivity index (χ1) is 13.9. The third kappa shape index (κ3) is 3.91. The average Bonchev–Trinajstić information content (AvgIpc) is 3.06. The van der Waals surface area contributed by atoms with E-state index < -0.39 is 0 Å². The van der Waals surface area contributed by atoms with Crippen molar-refractivity contribution in [2.24, 2.45) is 5.92 Å². The first-order valence-corrected chi connectivity index (χ1v) is 10.0. The number of anilines is 1. The fourth-order valence-corrected chi connectivity index (χ4v) is 3.99. The molecule has 29 heavy (non-hydrogen) atoms. The van der Waals surface area contributed by atoms with E-state index in [9.17, 15) is 5.26 Å². The van der Waals surface area contributed by atoms with Crippen LogP contribution in [0.2, 0.25) is 0 Å². The molecule has 0 spiro atoms. The van der Waals surface area contributed by atoms with Crippen molar-refractivity contribution < 1.29 is 14.2 Å². The predicted octanol–water partition coefficient (Wildman–Crippen LogP) is 4.63. The quantitative estimate of drug-likeness (QED) is 0.605. The Bertz CT molecular complexity index is 1060. The second kappa shape index (κ2) is 8.53. The van der Waals surface area contributed by atoms with Gasteiger partial charge in [0.15, 0.2) is 17.3 Å². The first kappa shape index (κ1) is 20.7. The third-order valence-corrected chi connectivity index (χ3v) is 5.58. The van der Waals surface area contributed by atoms with Crippen molar-refractivity contribution >= 4 is 27.4 Å². The Kier molecular flexibility index (Phi) is 6.09. The summed E-state index contributed by atoms with van der Waals surface area (Å²) >= 11 is 1.37. The Labute approximate surface area is 174 Å². The van der Waals surface area contributed by atoms with Gasteiger partial charge in [-0.05, 0) is 30.5 Å². The maximum atomic E-state index is 9.45. The van der Waals surface area contributed by atoms with Crippen molar-refractivity contribution in [2.75, 3.05) is 33.2 Å². The van der Waals surface area contributed by atoms with Gasteiger partial charge in [-0.2, -0.15) is 5.26 Å². The molecule has 1 N–H and O–H groups in total. The van der Waals surface area contributed by atoms with Gasteiger partial charge in [-0.25, -0.2) is 9.97 Å². The summed E-state index contributed by atoms with van der Waals surface area (Å²) in [5, 5.41) is 13.8. The van der Waals surface area contributed by atoms with Crippen molar-refractivity contribution in [3.05, 3.63) is 22.6 Å². The number of benzene rings is 1. The van der Waals surface area contributed by atoms with Gasteiger partial charge < -0.3 is 19.5 Å². The number of aryl methyl sites for hydroxylation is 1. The Balaban J connectivity index is 2.23. The SMILES string of the molecule is COc1cc(-c2nc(NCC(C)C)c3c(C)c(C#N)sc3n2)cc(OC)c1OC. The average molecular weight is 413 g/mol. The third-order valence-electron chi connectivity index (χ3n) is 4.49. The molecular weight excluding hydrogens is 388 g/mol. The van der Waals surface area contributed by atoms with E-state index in [1.54, 1.807) is 21.3 Å². The number of hydrogen-bond donors (Lipinski definition) is 1. The minimum atomic E-state index is 0.444. The molecular formula is C21H24N4O3S. The second-order valence-electron chi connectivity index (χ2n) is 6.93. The molecule has 0 fully saturated rings. The molecule has 3 aromatic rings. The molecule has 2 aromatic heterocycles. The van der Waals surface area contributed by atoms with Crippen LogP contribution in [-0.2, 0) is 0 Å². The van der Waals surface area contributed by atoms with E-state index in [-0.39, 0.29) is 0 Å². The van der Waals surface area contributed by atoms with Crippen LogP contribution in [0, 0.1) is 24.2 Å². The van der Waals surface area contributed by atoms with Crippen LogP contribution in [0.25, 0.3) is 21.6 Å². The molecule has 0 saturated carbocycles. The summed E-state index contributed by atoms with van der Waals surface area (Å²) in [5.41, 5.74) is 1.63. The van der Waals surface area contributed by atoms with Crippen molar-refractivity contribution in [2.45, 2.75) is 20.8 Å². The zero-order valence-corrected chi connectivity index (χ0v) is 18.2. The highest BCUT2D eigenvalue weighted by molar-refractivity contribution is 7.19. The van der Waals surface area contributed by atoms with Gasteiger partial charge in [-0.15, -0.1) is 11.3 Å². The molecule has 0 saturated heterocycles. The zero-order chi connectivity index (χ0) is 21.1. The summed E-state index contributed by atoms with van der Waals surface area (Å²) in [4.78, 5) is 10.9. The number of ether oxygens (including phenoxy) is 3. The van der Waals surface area contributed by atoms with Crippen LogP contribution in [-0.4, -0.2) is 37.8 Å². The summed E-state index contributed by atoms with van der Waals surface area (Å²) < 4.78 is 16.3. The van der Waals surface area contributed by atoms with E-state index in [0.717, 1.165) is 33.7 Å². The molecule has 0 aliphatic carbocycles. The summed E-state index contributed by atoms with van der Waals surface area (Å²) in [6, 6.07) is 5.89. The Morgan fingerprint density at radius 3 is 2.28 bits per heavy atom. The lowest BCUT2D eigenvalue weighted by atomic mass is 10.1. The molecule has 3 rings (SSSR count). The van der Waals surface area contributed by atoms with E-state index in [1.807, 2.05) is 19.1 Å². The van der Waals surface area contributed by atoms with Crippen LogP contribution < -0.4 is 19.5 Å². The van der Waals surface area contributed by atoms with Crippen molar-refractivity contribution in [1.29, 1.82) is 5.26 Å². The van der Waals surface area contributed by atoms with Crippen LogP contribution in [0.4, 0.5) is 5.82 Å². The van der Waals surface area contributed by atoms with E-state index >= 15 is 0 Å². The van der Waals surface area contributed by atoms with Gasteiger partial charge in [0.05, 0.1) is 26.7 Å². The van der Waals surface area contributed by atoms with E-state index in [2.05, 4.69) is 25.2 Å². The number of nitrogens with zero attached hydrogens (tertiary/aromatic N) is 3. The molecule has 1 aromatic carbocycles. The fourth-order valence-electron chi connectivity index (χ4n) is 3.01. The summed E-state index contributed by atoms with van der Waals surface area (Å²) in [6.07, 6.45) is 0. The Morgan fingerprint density at radius 2 is 1.76 bits per heavy atom. The van der Waals surface area contributed by atoms with E-state index in [4.69, 9.17) is 24.2 Å². The van der Waals surface area contributed by atoms with Crippen molar-refractivity contribution in [1.82, 2.24) is 9.97 Å². The van der Waals surface area contributed by atoms with Gasteiger partial charge >= 0.3 is 0 Å². The smallest absolute Gasteiger partial charge is 0.203 e. The number of hydrogen-bond acceptors (Lipinski definition) is 8. The lowest BCUT2D eigenvalue weighted by Crippen LogP contribution is -2.10. The van der Waals surface area contributed by atoms with Gasteiger partial charge in [0.1, 0.15) is 21.6 Å². The monoisotopic (exact) mass is 412 g/mol. The maximum Gasteiger partial charge on any atom is 0.203 e. The van der Waals surface area contributed by atoms with Crippen LogP contribution in [0.3, 0.4) is 0 Å². The highest BCUT2D eigenvalue weighted by atomic mass is 32.1. The number of nitriles is 1. The zero-order valence-electron chi connectivity index (χ0n) is 17.4. The lowest BCUT2D eigenvalue weighted by Gasteiger charge is -2.15. The topological polar surface area (TPSA) is 89.3 Å². The predicted molar refractivity (Wildman–Crippen MR) is 115 cm³/mol. The lowest BCUT2D eigenvalue weighted by molar-refractivity contribution is 0.324. The van der Waals surface area contributed by atoms with Crippen LogP contribution in [0.1, 0.15) is 24.3 Å². The number of thiophene rings is 1. The molecule has 0 unspecified atom stereocenters. The number of fused-ring (bicyclic) bond motifs is 1. The minimum absolute atomic E-state index is 0.444. The summed E-state index contributed by atoms with van der Waals surface area (Å²) in [6.45, 7) is 6.96. The first-order valence-electron chi connectivity index (χ1n) is 9.18. The summed E-state index contributed by atoms with van der Waals surface area (Å²) in [7, 11) is 4.71. The van der Waals surface area contributed by atoms with E-state index in [0.29, 0.717) is 33.9 Å². The molecule has 0 aliphatic rings. The number of rotatable bonds is 7. The highest BCUT2D eigenvalue weighted by Gasteiger charge is 2.20. The number of aromatic nitrogens is 2. The second-order valence-corrected chi connectivity index (χ2v) is 7.93. The van der Waals surface area contributed by atoms with Gasteiger partial charge in [0, 0.05) is 12.1 Å². The molecule has 8 heteroatoms.